The van der Waals surface area contributed by atoms with Crippen molar-refractivity contribution in [2.24, 2.45) is 0 Å². The van der Waals surface area contributed by atoms with Crippen LogP contribution in [-0.2, 0) is 26.0 Å². The second-order valence-corrected chi connectivity index (χ2v) is 9.38. The van der Waals surface area contributed by atoms with Crippen LogP contribution in [0.2, 0.25) is 0 Å². The standard InChI is InChI=1S/C19H24N2O4S2/c1-15(18-3-2-14-26-18)20-19(22)9-6-16-4-7-17(8-5-16)27(23,24)21-10-12-25-13-11-21/h2-5,7-8,14-15H,6,9-13H2,1H3,(H,20,22). The van der Waals surface area contributed by atoms with Crippen LogP contribution >= 0.6 is 11.3 Å². The molecule has 0 saturated carbocycles. The summed E-state index contributed by atoms with van der Waals surface area (Å²) in [4.78, 5) is 13.5. The van der Waals surface area contributed by atoms with Crippen molar-refractivity contribution in [3.05, 3.63) is 52.2 Å². The zero-order valence-corrected chi connectivity index (χ0v) is 16.9. The number of nitrogens with zero attached hydrogens (tertiary/aromatic N) is 1. The number of ether oxygens (including phenoxy) is 1. The first-order valence-corrected chi connectivity index (χ1v) is 11.3. The second-order valence-electron chi connectivity index (χ2n) is 6.47. The normalized spacial score (nSPS) is 16.8. The maximum atomic E-state index is 12.6. The number of morpholine rings is 1. The fraction of sp³-hybridized carbons (Fsp3) is 0.421. The Hall–Kier alpha value is -1.74. The molecule has 1 saturated heterocycles. The summed E-state index contributed by atoms with van der Waals surface area (Å²) < 4.78 is 31.9. The zero-order valence-electron chi connectivity index (χ0n) is 15.3. The van der Waals surface area contributed by atoms with Gasteiger partial charge in [0.15, 0.2) is 0 Å². The molecule has 0 bridgehead atoms. The molecule has 1 aromatic carbocycles. The highest BCUT2D eigenvalue weighted by atomic mass is 32.2. The maximum Gasteiger partial charge on any atom is 0.243 e. The maximum absolute atomic E-state index is 12.6. The Bertz CT molecular complexity index is 842. The summed E-state index contributed by atoms with van der Waals surface area (Å²) in [6.45, 7) is 3.58. The Balaban J connectivity index is 1.53. The van der Waals surface area contributed by atoms with E-state index in [0.29, 0.717) is 39.1 Å². The van der Waals surface area contributed by atoms with Gasteiger partial charge in [0.25, 0.3) is 0 Å². The molecule has 2 aromatic rings. The van der Waals surface area contributed by atoms with Crippen molar-refractivity contribution in [3.63, 3.8) is 0 Å². The van der Waals surface area contributed by atoms with Gasteiger partial charge >= 0.3 is 0 Å². The molecule has 27 heavy (non-hydrogen) atoms. The summed E-state index contributed by atoms with van der Waals surface area (Å²) in [6, 6.07) is 10.8. The molecule has 3 rings (SSSR count). The number of amides is 1. The lowest BCUT2D eigenvalue weighted by Crippen LogP contribution is -2.40. The molecule has 0 spiro atoms. The summed E-state index contributed by atoms with van der Waals surface area (Å²) in [5.74, 6) is -0.0130. The number of rotatable bonds is 7. The van der Waals surface area contributed by atoms with E-state index in [4.69, 9.17) is 4.74 Å². The van der Waals surface area contributed by atoms with E-state index in [1.165, 1.54) is 4.31 Å². The van der Waals surface area contributed by atoms with E-state index < -0.39 is 10.0 Å². The van der Waals surface area contributed by atoms with Gasteiger partial charge in [-0.3, -0.25) is 4.79 Å². The summed E-state index contributed by atoms with van der Waals surface area (Å²) in [5.41, 5.74) is 0.940. The third-order valence-electron chi connectivity index (χ3n) is 4.52. The molecule has 1 unspecified atom stereocenters. The Morgan fingerprint density at radius 2 is 1.93 bits per heavy atom. The van der Waals surface area contributed by atoms with Crippen molar-refractivity contribution in [3.8, 4) is 0 Å². The fourth-order valence-electron chi connectivity index (χ4n) is 2.94. The Morgan fingerprint density at radius 1 is 1.22 bits per heavy atom. The van der Waals surface area contributed by atoms with Crippen LogP contribution in [0.25, 0.3) is 0 Å². The number of nitrogens with one attached hydrogen (secondary N) is 1. The van der Waals surface area contributed by atoms with Crippen molar-refractivity contribution in [2.45, 2.75) is 30.7 Å². The first kappa shape index (κ1) is 20.0. The number of benzene rings is 1. The molecule has 1 aliphatic rings. The van der Waals surface area contributed by atoms with Crippen molar-refractivity contribution < 1.29 is 17.9 Å². The number of hydrogen-bond acceptors (Lipinski definition) is 5. The van der Waals surface area contributed by atoms with Crippen molar-refractivity contribution in [1.29, 1.82) is 0 Å². The van der Waals surface area contributed by atoms with E-state index in [9.17, 15) is 13.2 Å². The summed E-state index contributed by atoms with van der Waals surface area (Å²) in [7, 11) is -3.48. The highest BCUT2D eigenvalue weighted by Crippen LogP contribution is 2.20. The smallest absolute Gasteiger partial charge is 0.243 e. The van der Waals surface area contributed by atoms with E-state index in [1.54, 1.807) is 35.6 Å². The van der Waals surface area contributed by atoms with E-state index in [-0.39, 0.29) is 16.8 Å². The lowest BCUT2D eigenvalue weighted by atomic mass is 10.1. The highest BCUT2D eigenvalue weighted by Gasteiger charge is 2.26. The molecule has 1 aliphatic heterocycles. The molecular weight excluding hydrogens is 384 g/mol. The molecule has 2 heterocycles. The molecule has 1 aromatic heterocycles. The van der Waals surface area contributed by atoms with Gasteiger partial charge in [0.05, 0.1) is 24.2 Å². The third kappa shape index (κ3) is 5.16. The van der Waals surface area contributed by atoms with E-state index in [1.807, 2.05) is 24.4 Å². The average Bonchev–Trinajstić information content (AvgIpc) is 3.22. The Morgan fingerprint density at radius 3 is 2.56 bits per heavy atom. The van der Waals surface area contributed by atoms with Crippen molar-refractivity contribution in [2.75, 3.05) is 26.3 Å². The third-order valence-corrected chi connectivity index (χ3v) is 7.49. The van der Waals surface area contributed by atoms with Crippen LogP contribution in [0.4, 0.5) is 0 Å². The Kier molecular flexibility index (Phi) is 6.64. The van der Waals surface area contributed by atoms with Crippen LogP contribution in [-0.4, -0.2) is 44.9 Å². The molecule has 0 aliphatic carbocycles. The molecule has 0 radical (unpaired) electrons. The Labute approximate surface area is 164 Å². The van der Waals surface area contributed by atoms with Crippen LogP contribution < -0.4 is 5.32 Å². The first-order chi connectivity index (χ1) is 13.0. The van der Waals surface area contributed by atoms with Crippen molar-refractivity contribution >= 4 is 27.3 Å². The van der Waals surface area contributed by atoms with Gasteiger partial charge in [-0.25, -0.2) is 8.42 Å². The molecule has 8 heteroatoms. The molecule has 1 N–H and O–H groups in total. The largest absolute Gasteiger partial charge is 0.379 e. The van der Waals surface area contributed by atoms with E-state index in [0.717, 1.165) is 10.4 Å². The van der Waals surface area contributed by atoms with Crippen LogP contribution in [0.15, 0.2) is 46.7 Å². The van der Waals surface area contributed by atoms with Crippen molar-refractivity contribution in [1.82, 2.24) is 9.62 Å². The SMILES string of the molecule is CC(NC(=O)CCc1ccc(S(=O)(=O)N2CCOCC2)cc1)c1cccs1. The fourth-order valence-corrected chi connectivity index (χ4v) is 5.09. The summed E-state index contributed by atoms with van der Waals surface area (Å²) >= 11 is 1.62. The number of carbonyl (C=O) groups excluding carboxylic acids is 1. The average molecular weight is 409 g/mol. The highest BCUT2D eigenvalue weighted by molar-refractivity contribution is 7.89. The van der Waals surface area contributed by atoms with Gasteiger partial charge < -0.3 is 10.1 Å². The van der Waals surface area contributed by atoms with Gasteiger partial charge in [-0.15, -0.1) is 11.3 Å². The number of aryl methyl sites for hydroxylation is 1. The van der Waals surface area contributed by atoms with Gasteiger partial charge in [0.1, 0.15) is 0 Å². The van der Waals surface area contributed by atoms with Crippen LogP contribution in [0.1, 0.15) is 29.8 Å². The van der Waals surface area contributed by atoms with E-state index >= 15 is 0 Å². The molecule has 1 amide bonds. The topological polar surface area (TPSA) is 75.7 Å². The number of sulfonamides is 1. The monoisotopic (exact) mass is 408 g/mol. The molecular formula is C19H24N2O4S2. The quantitative estimate of drug-likeness (QED) is 0.764. The first-order valence-electron chi connectivity index (χ1n) is 8.96. The summed E-state index contributed by atoms with van der Waals surface area (Å²) in [6.07, 6.45) is 0.937. The second kappa shape index (κ2) is 8.97. The predicted molar refractivity (Wildman–Crippen MR) is 105 cm³/mol. The predicted octanol–water partition coefficient (Wildman–Crippen LogP) is 2.58. The summed E-state index contributed by atoms with van der Waals surface area (Å²) in [5, 5.41) is 4.98. The lowest BCUT2D eigenvalue weighted by Gasteiger charge is -2.26. The van der Waals surface area contributed by atoms with E-state index in [2.05, 4.69) is 5.32 Å². The molecule has 1 fully saturated rings. The molecule has 6 nitrogen and oxygen atoms in total. The minimum absolute atomic E-state index is 0.00135. The number of hydrogen-bond donors (Lipinski definition) is 1. The van der Waals surface area contributed by atoms with Crippen LogP contribution in [0.5, 0.6) is 0 Å². The number of thiophene rings is 1. The minimum atomic E-state index is -3.48. The van der Waals surface area contributed by atoms with Gasteiger partial charge in [0, 0.05) is 24.4 Å². The van der Waals surface area contributed by atoms with Crippen LogP contribution in [0, 0.1) is 0 Å². The van der Waals surface area contributed by atoms with Gasteiger partial charge in [-0.05, 0) is 42.5 Å². The van der Waals surface area contributed by atoms with Gasteiger partial charge in [-0.2, -0.15) is 4.31 Å². The number of carbonyl (C=O) groups is 1. The lowest BCUT2D eigenvalue weighted by molar-refractivity contribution is -0.121. The minimum Gasteiger partial charge on any atom is -0.379 e. The van der Waals surface area contributed by atoms with Gasteiger partial charge in [-0.1, -0.05) is 18.2 Å². The molecule has 1 atom stereocenters. The van der Waals surface area contributed by atoms with Crippen LogP contribution in [0.3, 0.4) is 0 Å². The molecule has 146 valence electrons. The zero-order chi connectivity index (χ0) is 19.3. The van der Waals surface area contributed by atoms with Gasteiger partial charge in [0.2, 0.25) is 15.9 Å².